The fourth-order valence-electron chi connectivity index (χ4n) is 3.95. The maximum atomic E-state index is 13.6. The Labute approximate surface area is 205 Å². The molecule has 0 aromatic heterocycles. The van der Waals surface area contributed by atoms with Gasteiger partial charge >= 0.3 is 5.97 Å². The average Bonchev–Trinajstić information content (AvgIpc) is 2.82. The molecule has 7 nitrogen and oxygen atoms in total. The van der Waals surface area contributed by atoms with E-state index in [1.54, 1.807) is 12.1 Å². The SMILES string of the molecule is CCc1ccc(N(CC(C)C)S(=O)(=O)c2ccc([S+]([O-])CC3CCOCC3)c(C(=O)O)c2)cc1. The van der Waals surface area contributed by atoms with Crippen molar-refractivity contribution in [2.45, 2.75) is 49.8 Å². The minimum atomic E-state index is -4.04. The van der Waals surface area contributed by atoms with Crippen LogP contribution in [0.2, 0.25) is 0 Å². The molecular formula is C25H33NO6S2. The van der Waals surface area contributed by atoms with Gasteiger partial charge in [0.1, 0.15) is 11.3 Å². The van der Waals surface area contributed by atoms with Crippen LogP contribution >= 0.6 is 0 Å². The van der Waals surface area contributed by atoms with Crippen molar-refractivity contribution in [1.82, 2.24) is 0 Å². The second kappa shape index (κ2) is 11.6. The number of aromatic carboxylic acids is 1. The molecule has 3 rings (SSSR count). The minimum absolute atomic E-state index is 0.0471. The molecule has 1 aliphatic heterocycles. The molecule has 1 heterocycles. The molecule has 0 saturated carbocycles. The van der Waals surface area contributed by atoms with Crippen LogP contribution in [-0.4, -0.2) is 49.6 Å². The highest BCUT2D eigenvalue weighted by atomic mass is 32.2. The third kappa shape index (κ3) is 6.33. The quantitative estimate of drug-likeness (QED) is 0.480. The van der Waals surface area contributed by atoms with Gasteiger partial charge in [0.2, 0.25) is 0 Å². The smallest absolute Gasteiger partial charge is 0.340 e. The lowest BCUT2D eigenvalue weighted by atomic mass is 10.0. The first-order valence-electron chi connectivity index (χ1n) is 11.6. The largest absolute Gasteiger partial charge is 0.611 e. The highest BCUT2D eigenvalue weighted by Gasteiger charge is 2.31. The highest BCUT2D eigenvalue weighted by molar-refractivity contribution is 7.93. The number of carboxylic acids is 1. The van der Waals surface area contributed by atoms with Crippen LogP contribution in [0.4, 0.5) is 5.69 Å². The Hall–Kier alpha value is -2.07. The summed E-state index contributed by atoms with van der Waals surface area (Å²) in [5.74, 6) is -0.730. The van der Waals surface area contributed by atoms with Gasteiger partial charge < -0.3 is 14.4 Å². The maximum Gasteiger partial charge on any atom is 0.340 e. The number of carboxylic acid groups (broad SMARTS) is 1. The van der Waals surface area contributed by atoms with Gasteiger partial charge in [0.05, 0.1) is 10.6 Å². The molecule has 0 aliphatic carbocycles. The van der Waals surface area contributed by atoms with E-state index in [0.717, 1.165) is 30.9 Å². The lowest BCUT2D eigenvalue weighted by Gasteiger charge is -2.27. The third-order valence-corrected chi connectivity index (χ3v) is 9.32. The molecule has 9 heteroatoms. The molecule has 186 valence electrons. The highest BCUT2D eigenvalue weighted by Crippen LogP contribution is 2.30. The zero-order valence-corrected chi connectivity index (χ0v) is 21.5. The second-order valence-electron chi connectivity index (χ2n) is 8.98. The zero-order chi connectivity index (χ0) is 24.9. The van der Waals surface area contributed by atoms with Crippen molar-refractivity contribution in [3.63, 3.8) is 0 Å². The number of nitrogens with zero attached hydrogens (tertiary/aromatic N) is 1. The molecular weight excluding hydrogens is 474 g/mol. The summed E-state index contributed by atoms with van der Waals surface area (Å²) < 4.78 is 46.9. The maximum absolute atomic E-state index is 13.6. The molecule has 0 amide bonds. The Balaban J connectivity index is 1.96. The number of aryl methyl sites for hydroxylation is 1. The molecule has 1 saturated heterocycles. The van der Waals surface area contributed by atoms with E-state index in [9.17, 15) is 22.9 Å². The normalized spacial score (nSPS) is 15.9. The van der Waals surface area contributed by atoms with Crippen LogP contribution in [0.25, 0.3) is 0 Å². The van der Waals surface area contributed by atoms with Crippen molar-refractivity contribution in [3.8, 4) is 0 Å². The van der Waals surface area contributed by atoms with Crippen LogP contribution in [0, 0.1) is 11.8 Å². The average molecular weight is 508 g/mol. The lowest BCUT2D eigenvalue weighted by molar-refractivity contribution is 0.0690. The van der Waals surface area contributed by atoms with Gasteiger partial charge in [-0.1, -0.05) is 32.9 Å². The number of anilines is 1. The van der Waals surface area contributed by atoms with E-state index >= 15 is 0 Å². The standard InChI is InChI=1S/C25H33NO6S2/c1-4-19-5-7-21(8-6-19)26(16-18(2)3)34(30,31)22-9-10-24(23(15-22)25(27)28)33(29)17-20-11-13-32-14-12-20/h5-10,15,18,20H,4,11-14,16-17H2,1-3H3,(H,27,28). The van der Waals surface area contributed by atoms with Crippen LogP contribution in [0.5, 0.6) is 0 Å². The summed E-state index contributed by atoms with van der Waals surface area (Å²) in [6.07, 6.45) is 2.40. The third-order valence-electron chi connectivity index (χ3n) is 5.91. The van der Waals surface area contributed by atoms with Crippen molar-refractivity contribution in [1.29, 1.82) is 0 Å². The number of hydrogen-bond acceptors (Lipinski definition) is 5. The summed E-state index contributed by atoms with van der Waals surface area (Å²) in [7, 11) is -4.04. The minimum Gasteiger partial charge on any atom is -0.611 e. The predicted molar refractivity (Wildman–Crippen MR) is 133 cm³/mol. The second-order valence-corrected chi connectivity index (χ2v) is 12.3. The van der Waals surface area contributed by atoms with Gasteiger partial charge in [-0.2, -0.15) is 0 Å². The van der Waals surface area contributed by atoms with E-state index in [0.29, 0.717) is 24.7 Å². The number of ether oxygens (including phenoxy) is 1. The number of benzene rings is 2. The van der Waals surface area contributed by atoms with E-state index < -0.39 is 27.2 Å². The molecule has 1 N–H and O–H groups in total. The molecule has 1 aliphatic rings. The summed E-state index contributed by atoms with van der Waals surface area (Å²) in [5.41, 5.74) is 1.38. The van der Waals surface area contributed by atoms with Crippen molar-refractivity contribution in [2.24, 2.45) is 11.8 Å². The zero-order valence-electron chi connectivity index (χ0n) is 19.9. The van der Waals surface area contributed by atoms with E-state index in [2.05, 4.69) is 0 Å². The molecule has 34 heavy (non-hydrogen) atoms. The molecule has 2 aromatic rings. The number of rotatable bonds is 10. The molecule has 2 aromatic carbocycles. The molecule has 0 spiro atoms. The first-order valence-corrected chi connectivity index (χ1v) is 14.3. The monoisotopic (exact) mass is 507 g/mol. The van der Waals surface area contributed by atoms with E-state index in [1.165, 1.54) is 16.4 Å². The predicted octanol–water partition coefficient (Wildman–Crippen LogP) is 4.33. The van der Waals surface area contributed by atoms with E-state index in [1.807, 2.05) is 32.9 Å². The number of hydrogen-bond donors (Lipinski definition) is 1. The number of carbonyl (C=O) groups is 1. The van der Waals surface area contributed by atoms with Crippen LogP contribution in [0.15, 0.2) is 52.3 Å². The van der Waals surface area contributed by atoms with E-state index in [4.69, 9.17) is 4.74 Å². The van der Waals surface area contributed by atoms with Gasteiger partial charge in [0, 0.05) is 25.7 Å². The Morgan fingerprint density at radius 3 is 2.38 bits per heavy atom. The van der Waals surface area contributed by atoms with Crippen molar-refractivity contribution in [3.05, 3.63) is 53.6 Å². The fourth-order valence-corrected chi connectivity index (χ4v) is 7.16. The fraction of sp³-hybridized carbons (Fsp3) is 0.480. The number of sulfonamides is 1. The van der Waals surface area contributed by atoms with Crippen molar-refractivity contribution >= 4 is 32.9 Å². The molecule has 0 radical (unpaired) electrons. The first kappa shape index (κ1) is 26.5. The van der Waals surface area contributed by atoms with Gasteiger partial charge in [-0.3, -0.25) is 4.31 Å². The van der Waals surface area contributed by atoms with Crippen LogP contribution in [0.3, 0.4) is 0 Å². The topological polar surface area (TPSA) is 107 Å². The Morgan fingerprint density at radius 1 is 1.18 bits per heavy atom. The summed E-state index contributed by atoms with van der Waals surface area (Å²) in [5, 5.41) is 9.81. The Bertz CT molecular complexity index is 1080. The van der Waals surface area contributed by atoms with Crippen molar-refractivity contribution in [2.75, 3.05) is 29.8 Å². The van der Waals surface area contributed by atoms with Gasteiger partial charge in [-0.25, -0.2) is 13.2 Å². The van der Waals surface area contributed by atoms with Gasteiger partial charge in [-0.05, 0) is 72.3 Å². The summed E-state index contributed by atoms with van der Waals surface area (Å²) >= 11 is -1.55. The van der Waals surface area contributed by atoms with Crippen LogP contribution < -0.4 is 4.31 Å². The summed E-state index contributed by atoms with van der Waals surface area (Å²) in [4.78, 5) is 12.0. The summed E-state index contributed by atoms with van der Waals surface area (Å²) in [6.45, 7) is 7.33. The molecule has 1 atom stereocenters. The van der Waals surface area contributed by atoms with Gasteiger partial charge in [0.25, 0.3) is 10.0 Å². The molecule has 1 fully saturated rings. The van der Waals surface area contributed by atoms with Gasteiger partial charge in [-0.15, -0.1) is 0 Å². The van der Waals surface area contributed by atoms with Crippen LogP contribution in [-0.2, 0) is 32.4 Å². The van der Waals surface area contributed by atoms with Gasteiger partial charge in [0.15, 0.2) is 4.90 Å². The van der Waals surface area contributed by atoms with E-state index in [-0.39, 0.29) is 33.7 Å². The molecule has 1 unspecified atom stereocenters. The Kier molecular flexibility index (Phi) is 9.03. The lowest BCUT2D eigenvalue weighted by Crippen LogP contribution is -2.34. The summed E-state index contributed by atoms with van der Waals surface area (Å²) in [6, 6.07) is 11.2. The van der Waals surface area contributed by atoms with Crippen molar-refractivity contribution < 1.29 is 27.6 Å². The Morgan fingerprint density at radius 2 is 1.82 bits per heavy atom. The van der Waals surface area contributed by atoms with Crippen LogP contribution in [0.1, 0.15) is 49.5 Å². The molecule has 0 bridgehead atoms. The first-order chi connectivity index (χ1) is 16.1.